The van der Waals surface area contributed by atoms with E-state index in [1.54, 1.807) is 35.7 Å². The van der Waals surface area contributed by atoms with E-state index in [4.69, 9.17) is 4.74 Å². The van der Waals surface area contributed by atoms with E-state index in [1.165, 1.54) is 11.8 Å². The summed E-state index contributed by atoms with van der Waals surface area (Å²) in [5.41, 5.74) is 3.06. The van der Waals surface area contributed by atoms with Crippen molar-refractivity contribution in [3.8, 4) is 11.3 Å². The molecule has 0 aliphatic heterocycles. The van der Waals surface area contributed by atoms with E-state index in [1.807, 2.05) is 42.5 Å². The number of hydrogen-bond donors (Lipinski definition) is 1. The predicted molar refractivity (Wildman–Crippen MR) is 118 cm³/mol. The zero-order valence-electron chi connectivity index (χ0n) is 16.7. The molecule has 1 amide bonds. The lowest BCUT2D eigenvalue weighted by atomic mass is 10.1. The number of esters is 1. The molecule has 0 spiro atoms. The van der Waals surface area contributed by atoms with E-state index in [0.29, 0.717) is 22.1 Å². The minimum Gasteiger partial charge on any atom is -0.462 e. The van der Waals surface area contributed by atoms with Gasteiger partial charge in [0.15, 0.2) is 5.65 Å². The van der Waals surface area contributed by atoms with Crippen LogP contribution in [0.2, 0.25) is 0 Å². The molecule has 0 aliphatic carbocycles. The number of nitrogens with zero attached hydrogens (tertiary/aromatic N) is 4. The minimum absolute atomic E-state index is 0.0786. The molecule has 8 nitrogen and oxygen atoms in total. The molecule has 0 saturated heterocycles. The van der Waals surface area contributed by atoms with Gasteiger partial charge in [-0.3, -0.25) is 4.79 Å². The molecule has 0 fully saturated rings. The molecule has 156 valence electrons. The molecule has 1 N–H and O–H groups in total. The lowest BCUT2D eigenvalue weighted by Gasteiger charge is -2.10. The first-order valence-corrected chi connectivity index (χ1v) is 10.6. The normalized spacial score (nSPS) is 10.7. The number of carbonyl (C=O) groups excluding carboxylic acids is 2. The number of amides is 1. The first kappa shape index (κ1) is 20.5. The van der Waals surface area contributed by atoms with Crippen LogP contribution >= 0.6 is 11.8 Å². The van der Waals surface area contributed by atoms with Gasteiger partial charge in [0.05, 0.1) is 29.3 Å². The van der Waals surface area contributed by atoms with Gasteiger partial charge in [-0.25, -0.2) is 4.79 Å². The van der Waals surface area contributed by atoms with Crippen molar-refractivity contribution in [2.75, 3.05) is 17.7 Å². The Hall–Kier alpha value is -3.72. The summed E-state index contributed by atoms with van der Waals surface area (Å²) in [5, 5.41) is 16.1. The van der Waals surface area contributed by atoms with Crippen LogP contribution in [0.4, 0.5) is 5.69 Å². The quantitative estimate of drug-likeness (QED) is 0.350. The zero-order chi connectivity index (χ0) is 21.6. The van der Waals surface area contributed by atoms with E-state index in [9.17, 15) is 9.59 Å². The number of para-hydroxylation sites is 1. The molecule has 9 heteroatoms. The van der Waals surface area contributed by atoms with Crippen molar-refractivity contribution >= 4 is 35.0 Å². The topological polar surface area (TPSA) is 98.5 Å². The lowest BCUT2D eigenvalue weighted by Crippen LogP contribution is -2.17. The third-order valence-corrected chi connectivity index (χ3v) is 5.25. The van der Waals surface area contributed by atoms with Crippen LogP contribution in [0.25, 0.3) is 16.9 Å². The highest BCUT2D eigenvalue weighted by atomic mass is 32.2. The Kier molecular flexibility index (Phi) is 6.23. The second kappa shape index (κ2) is 9.40. The van der Waals surface area contributed by atoms with E-state index in [-0.39, 0.29) is 18.3 Å². The fraction of sp³-hybridized carbons (Fsp3) is 0.136. The maximum absolute atomic E-state index is 12.5. The standard InChI is InChI=1S/C22H19N5O3S/c1-2-30-21(29)16-10-6-7-11-18(16)23-20(28)14-31-22-25-24-19-13-12-17(26-27(19)22)15-8-4-3-5-9-15/h3-13H,2,14H2,1H3,(H,23,28). The maximum atomic E-state index is 12.5. The first-order chi connectivity index (χ1) is 15.2. The van der Waals surface area contributed by atoms with Crippen molar-refractivity contribution in [2.45, 2.75) is 12.1 Å². The SMILES string of the molecule is CCOC(=O)c1ccccc1NC(=O)CSc1nnc2ccc(-c3ccccc3)nn12. The molecule has 2 heterocycles. The molecular formula is C22H19N5O3S. The van der Waals surface area contributed by atoms with Crippen LogP contribution in [0, 0.1) is 0 Å². The number of aromatic nitrogens is 4. The van der Waals surface area contributed by atoms with Gasteiger partial charge in [0.1, 0.15) is 0 Å². The average Bonchev–Trinajstić information content (AvgIpc) is 3.21. The molecule has 0 saturated carbocycles. The second-order valence-electron chi connectivity index (χ2n) is 6.44. The second-order valence-corrected chi connectivity index (χ2v) is 7.38. The summed E-state index contributed by atoms with van der Waals surface area (Å²) in [6.45, 7) is 1.99. The van der Waals surface area contributed by atoms with Crippen molar-refractivity contribution < 1.29 is 14.3 Å². The number of anilines is 1. The van der Waals surface area contributed by atoms with Crippen molar-refractivity contribution in [1.82, 2.24) is 19.8 Å². The Morgan fingerprint density at radius 2 is 1.77 bits per heavy atom. The Labute approximate surface area is 182 Å². The van der Waals surface area contributed by atoms with Crippen LogP contribution in [0.1, 0.15) is 17.3 Å². The van der Waals surface area contributed by atoms with Gasteiger partial charge >= 0.3 is 5.97 Å². The Morgan fingerprint density at radius 3 is 2.58 bits per heavy atom. The van der Waals surface area contributed by atoms with E-state index in [0.717, 1.165) is 11.3 Å². The van der Waals surface area contributed by atoms with Crippen LogP contribution in [-0.2, 0) is 9.53 Å². The van der Waals surface area contributed by atoms with Crippen LogP contribution in [0.15, 0.2) is 71.9 Å². The fourth-order valence-corrected chi connectivity index (χ4v) is 3.60. The van der Waals surface area contributed by atoms with Crippen LogP contribution < -0.4 is 5.32 Å². The Bertz CT molecular complexity index is 1230. The fourth-order valence-electron chi connectivity index (χ4n) is 2.92. The number of rotatable bonds is 7. The molecule has 0 bridgehead atoms. The van der Waals surface area contributed by atoms with Gasteiger partial charge in [-0.15, -0.1) is 10.2 Å². The summed E-state index contributed by atoms with van der Waals surface area (Å²) in [6, 6.07) is 20.2. The average molecular weight is 433 g/mol. The van der Waals surface area contributed by atoms with Gasteiger partial charge in [0.25, 0.3) is 0 Å². The number of thioether (sulfide) groups is 1. The minimum atomic E-state index is -0.479. The number of nitrogens with one attached hydrogen (secondary N) is 1. The third kappa shape index (κ3) is 4.72. The van der Waals surface area contributed by atoms with E-state index < -0.39 is 5.97 Å². The molecular weight excluding hydrogens is 414 g/mol. The summed E-state index contributed by atoms with van der Waals surface area (Å²) in [7, 11) is 0. The number of carbonyl (C=O) groups is 2. The highest BCUT2D eigenvalue weighted by molar-refractivity contribution is 7.99. The summed E-state index contributed by atoms with van der Waals surface area (Å²) < 4.78 is 6.66. The van der Waals surface area contributed by atoms with Crippen molar-refractivity contribution in [1.29, 1.82) is 0 Å². The zero-order valence-corrected chi connectivity index (χ0v) is 17.5. The molecule has 0 aliphatic rings. The predicted octanol–water partition coefficient (Wildman–Crippen LogP) is 3.70. The van der Waals surface area contributed by atoms with Gasteiger partial charge in [-0.2, -0.15) is 9.61 Å². The number of hydrogen-bond acceptors (Lipinski definition) is 7. The highest BCUT2D eigenvalue weighted by Crippen LogP contribution is 2.21. The molecule has 0 atom stereocenters. The highest BCUT2D eigenvalue weighted by Gasteiger charge is 2.15. The van der Waals surface area contributed by atoms with Crippen molar-refractivity contribution in [3.63, 3.8) is 0 Å². The van der Waals surface area contributed by atoms with Gasteiger partial charge in [-0.05, 0) is 31.2 Å². The molecule has 4 aromatic rings. The molecule has 4 rings (SSSR count). The van der Waals surface area contributed by atoms with Crippen molar-refractivity contribution in [2.24, 2.45) is 0 Å². The number of benzene rings is 2. The molecule has 31 heavy (non-hydrogen) atoms. The van der Waals surface area contributed by atoms with E-state index in [2.05, 4.69) is 20.6 Å². The van der Waals surface area contributed by atoms with Crippen molar-refractivity contribution in [3.05, 3.63) is 72.3 Å². The largest absolute Gasteiger partial charge is 0.462 e. The van der Waals surface area contributed by atoms with Gasteiger partial charge < -0.3 is 10.1 Å². The molecule has 2 aromatic carbocycles. The van der Waals surface area contributed by atoms with Gasteiger partial charge in [0, 0.05) is 5.56 Å². The third-order valence-electron chi connectivity index (χ3n) is 4.33. The van der Waals surface area contributed by atoms with Gasteiger partial charge in [-0.1, -0.05) is 54.2 Å². The summed E-state index contributed by atoms with van der Waals surface area (Å²) in [6.07, 6.45) is 0. The maximum Gasteiger partial charge on any atom is 0.340 e. The molecule has 0 unspecified atom stereocenters. The van der Waals surface area contributed by atoms with Gasteiger partial charge in [0.2, 0.25) is 11.1 Å². The van der Waals surface area contributed by atoms with E-state index >= 15 is 0 Å². The summed E-state index contributed by atoms with van der Waals surface area (Å²) in [4.78, 5) is 24.6. The molecule has 0 radical (unpaired) electrons. The summed E-state index contributed by atoms with van der Waals surface area (Å²) in [5.74, 6) is -0.681. The lowest BCUT2D eigenvalue weighted by molar-refractivity contribution is -0.113. The summed E-state index contributed by atoms with van der Waals surface area (Å²) >= 11 is 1.21. The van der Waals surface area contributed by atoms with Crippen LogP contribution in [0.3, 0.4) is 0 Å². The molecule has 2 aromatic heterocycles. The smallest absolute Gasteiger partial charge is 0.340 e. The monoisotopic (exact) mass is 433 g/mol. The number of fused-ring (bicyclic) bond motifs is 1. The van der Waals surface area contributed by atoms with Crippen LogP contribution in [-0.4, -0.2) is 44.0 Å². The number of ether oxygens (including phenoxy) is 1. The Balaban J connectivity index is 1.47. The van der Waals surface area contributed by atoms with Crippen LogP contribution in [0.5, 0.6) is 0 Å². The Morgan fingerprint density at radius 1 is 1.00 bits per heavy atom. The first-order valence-electron chi connectivity index (χ1n) is 9.62.